The standard InChI is InChI=1S/C29H26N4OS/c1-28(24-12-11-23(35-24)21-6-3-5-19(15-21)17-30)16-25(32)33(2)27(34)26(28)20-7-9-22(10-8-20)29(18-31)13-4-14-29/h3,5-12,15,26,32H,4,13-14,16H2,1-2H3/t26?,28-/m1/s1. The summed E-state index contributed by atoms with van der Waals surface area (Å²) in [7, 11) is 1.68. The van der Waals surface area contributed by atoms with Gasteiger partial charge in [-0.05, 0) is 60.2 Å². The Hall–Kier alpha value is -3.74. The number of carbonyl (C=O) groups is 1. The van der Waals surface area contributed by atoms with Gasteiger partial charge in [0.2, 0.25) is 5.91 Å². The van der Waals surface area contributed by atoms with Crippen LogP contribution in [0, 0.1) is 28.1 Å². The number of amidine groups is 1. The van der Waals surface area contributed by atoms with Crippen LogP contribution >= 0.6 is 11.3 Å². The second-order valence-electron chi connectivity index (χ2n) is 9.90. The molecule has 2 heterocycles. The zero-order valence-electron chi connectivity index (χ0n) is 19.8. The highest BCUT2D eigenvalue weighted by atomic mass is 32.1. The number of thiophene rings is 1. The van der Waals surface area contributed by atoms with E-state index in [9.17, 15) is 15.3 Å². The summed E-state index contributed by atoms with van der Waals surface area (Å²) >= 11 is 1.62. The minimum atomic E-state index is -0.582. The first-order valence-electron chi connectivity index (χ1n) is 11.8. The second-order valence-corrected chi connectivity index (χ2v) is 11.0. The number of hydrogen-bond donors (Lipinski definition) is 1. The number of likely N-dealkylation sites (tertiary alicyclic amines) is 1. The highest BCUT2D eigenvalue weighted by Gasteiger charge is 2.49. The van der Waals surface area contributed by atoms with Crippen LogP contribution in [0.1, 0.15) is 60.1 Å². The average molecular weight is 479 g/mol. The summed E-state index contributed by atoms with van der Waals surface area (Å²) < 4.78 is 0. The van der Waals surface area contributed by atoms with Crippen LogP contribution in [0.25, 0.3) is 10.4 Å². The Bertz CT molecular complexity index is 1400. The Labute approximate surface area is 209 Å². The Balaban J connectivity index is 1.55. The lowest BCUT2D eigenvalue weighted by Crippen LogP contribution is -2.52. The second kappa shape index (κ2) is 8.48. The van der Waals surface area contributed by atoms with E-state index in [0.717, 1.165) is 45.7 Å². The van der Waals surface area contributed by atoms with Crippen LogP contribution in [0.3, 0.4) is 0 Å². The predicted molar refractivity (Wildman–Crippen MR) is 137 cm³/mol. The van der Waals surface area contributed by atoms with E-state index in [1.807, 2.05) is 48.5 Å². The molecule has 0 bridgehead atoms. The predicted octanol–water partition coefficient (Wildman–Crippen LogP) is 6.11. The third-order valence-corrected chi connectivity index (χ3v) is 9.23. The van der Waals surface area contributed by atoms with Crippen LogP contribution in [-0.4, -0.2) is 23.7 Å². The maximum absolute atomic E-state index is 13.6. The van der Waals surface area contributed by atoms with E-state index in [1.165, 1.54) is 4.90 Å². The van der Waals surface area contributed by atoms with E-state index < -0.39 is 16.7 Å². The molecule has 35 heavy (non-hydrogen) atoms. The highest BCUT2D eigenvalue weighted by Crippen LogP contribution is 2.50. The van der Waals surface area contributed by atoms with Crippen molar-refractivity contribution in [2.75, 3.05) is 7.05 Å². The minimum absolute atomic E-state index is 0.0865. The van der Waals surface area contributed by atoms with E-state index in [1.54, 1.807) is 24.5 Å². The summed E-state index contributed by atoms with van der Waals surface area (Å²) in [6, 6.07) is 24.4. The molecule has 2 fully saturated rings. The van der Waals surface area contributed by atoms with Crippen LogP contribution in [0.2, 0.25) is 0 Å². The number of likely N-dealkylation sites (N-methyl/N-ethyl adjacent to an activating group) is 1. The molecule has 1 aliphatic heterocycles. The number of nitrogens with one attached hydrogen (secondary N) is 1. The molecule has 1 saturated carbocycles. The molecule has 2 atom stereocenters. The number of benzene rings is 2. The number of nitrogens with zero attached hydrogens (tertiary/aromatic N) is 3. The Morgan fingerprint density at radius 3 is 2.46 bits per heavy atom. The maximum atomic E-state index is 13.6. The summed E-state index contributed by atoms with van der Waals surface area (Å²) in [4.78, 5) is 17.1. The molecule has 1 aliphatic carbocycles. The normalized spacial score (nSPS) is 23.3. The van der Waals surface area contributed by atoms with Crippen LogP contribution in [0.4, 0.5) is 0 Å². The fourth-order valence-corrected chi connectivity index (χ4v) is 6.62. The van der Waals surface area contributed by atoms with Crippen LogP contribution in [0.5, 0.6) is 0 Å². The Kier molecular flexibility index (Phi) is 5.58. The first-order valence-corrected chi connectivity index (χ1v) is 12.6. The smallest absolute Gasteiger partial charge is 0.236 e. The summed E-state index contributed by atoms with van der Waals surface area (Å²) in [6.07, 6.45) is 3.28. The zero-order valence-corrected chi connectivity index (χ0v) is 20.7. The molecule has 174 valence electrons. The lowest BCUT2D eigenvalue weighted by atomic mass is 9.64. The topological polar surface area (TPSA) is 91.7 Å². The van der Waals surface area contributed by atoms with Crippen molar-refractivity contribution in [3.63, 3.8) is 0 Å². The van der Waals surface area contributed by atoms with Crippen molar-refractivity contribution in [1.82, 2.24) is 4.90 Å². The highest BCUT2D eigenvalue weighted by molar-refractivity contribution is 7.15. The quantitative estimate of drug-likeness (QED) is 0.490. The lowest BCUT2D eigenvalue weighted by molar-refractivity contribution is -0.131. The van der Waals surface area contributed by atoms with E-state index in [0.29, 0.717) is 17.8 Å². The van der Waals surface area contributed by atoms with Crippen LogP contribution in [0.15, 0.2) is 60.7 Å². The SMILES string of the molecule is CN1C(=N)C[C@](C)(c2ccc(-c3cccc(C#N)c3)s2)C(c2ccc(C3(C#N)CCC3)cc2)C1=O. The molecule has 0 radical (unpaired) electrons. The third-order valence-electron chi connectivity index (χ3n) is 7.82. The third kappa shape index (κ3) is 3.66. The molecule has 5 nitrogen and oxygen atoms in total. The first kappa shape index (κ1) is 23.0. The molecule has 5 rings (SSSR count). The molecule has 0 spiro atoms. The minimum Gasteiger partial charge on any atom is -0.303 e. The molecule has 2 aromatic carbocycles. The van der Waals surface area contributed by atoms with Gasteiger partial charge in [0.1, 0.15) is 5.84 Å². The number of rotatable bonds is 4. The molecule has 1 unspecified atom stereocenters. The summed E-state index contributed by atoms with van der Waals surface area (Å²) in [6.45, 7) is 2.08. The average Bonchev–Trinajstić information content (AvgIpc) is 3.35. The van der Waals surface area contributed by atoms with Crippen molar-refractivity contribution in [2.45, 2.75) is 49.4 Å². The van der Waals surface area contributed by atoms with Crippen molar-refractivity contribution in [2.24, 2.45) is 0 Å². The Morgan fingerprint density at radius 2 is 1.83 bits per heavy atom. The zero-order chi connectivity index (χ0) is 24.8. The molecule has 1 amide bonds. The van der Waals surface area contributed by atoms with E-state index in [2.05, 4.69) is 25.1 Å². The Morgan fingerprint density at radius 1 is 1.09 bits per heavy atom. The lowest BCUT2D eigenvalue weighted by Gasteiger charge is -2.44. The molecule has 1 N–H and O–H groups in total. The molecule has 3 aromatic rings. The largest absolute Gasteiger partial charge is 0.303 e. The first-order chi connectivity index (χ1) is 16.8. The summed E-state index contributed by atoms with van der Waals surface area (Å²) in [5, 5.41) is 27.5. The van der Waals surface area contributed by atoms with Crippen LogP contribution in [-0.2, 0) is 15.6 Å². The van der Waals surface area contributed by atoms with Crippen molar-refractivity contribution in [1.29, 1.82) is 15.9 Å². The number of nitriles is 2. The monoisotopic (exact) mass is 478 g/mol. The van der Waals surface area contributed by atoms with Gasteiger partial charge in [-0.25, -0.2) is 0 Å². The number of hydrogen-bond acceptors (Lipinski definition) is 5. The molecule has 1 aromatic heterocycles. The van der Waals surface area contributed by atoms with Gasteiger partial charge in [0.25, 0.3) is 0 Å². The molecule has 2 aliphatic rings. The van der Waals surface area contributed by atoms with Gasteiger partial charge < -0.3 is 4.90 Å². The van der Waals surface area contributed by atoms with Gasteiger partial charge in [-0.15, -0.1) is 11.3 Å². The molecule has 6 heteroatoms. The van der Waals surface area contributed by atoms with Crippen molar-refractivity contribution >= 4 is 23.1 Å². The van der Waals surface area contributed by atoms with Gasteiger partial charge in [-0.1, -0.05) is 43.3 Å². The summed E-state index contributed by atoms with van der Waals surface area (Å²) in [5.41, 5.74) is 2.55. The van der Waals surface area contributed by atoms with E-state index >= 15 is 0 Å². The van der Waals surface area contributed by atoms with Gasteiger partial charge >= 0.3 is 0 Å². The van der Waals surface area contributed by atoms with Crippen LogP contribution < -0.4 is 0 Å². The van der Waals surface area contributed by atoms with E-state index in [-0.39, 0.29) is 5.91 Å². The van der Waals surface area contributed by atoms with Gasteiger partial charge in [0.15, 0.2) is 0 Å². The fourth-order valence-electron chi connectivity index (χ4n) is 5.44. The number of amides is 1. The van der Waals surface area contributed by atoms with Gasteiger partial charge in [0, 0.05) is 28.6 Å². The van der Waals surface area contributed by atoms with Gasteiger partial charge in [-0.3, -0.25) is 10.2 Å². The number of carbonyl (C=O) groups excluding carboxylic acids is 1. The van der Waals surface area contributed by atoms with Gasteiger partial charge in [-0.2, -0.15) is 10.5 Å². The summed E-state index contributed by atoms with van der Waals surface area (Å²) in [5.74, 6) is -0.215. The number of piperidine rings is 1. The fraction of sp³-hybridized carbons (Fsp3) is 0.310. The van der Waals surface area contributed by atoms with Gasteiger partial charge in [0.05, 0.1) is 29.0 Å². The maximum Gasteiger partial charge on any atom is 0.236 e. The molecular weight excluding hydrogens is 452 g/mol. The van der Waals surface area contributed by atoms with Crippen molar-refractivity contribution in [3.05, 3.63) is 82.2 Å². The van der Waals surface area contributed by atoms with Crippen molar-refractivity contribution in [3.8, 4) is 22.6 Å². The molecule has 1 saturated heterocycles. The molecular formula is C29H26N4OS. The van der Waals surface area contributed by atoms with Crippen molar-refractivity contribution < 1.29 is 4.79 Å². The van der Waals surface area contributed by atoms with E-state index in [4.69, 9.17) is 5.41 Å².